The Morgan fingerprint density at radius 1 is 1.26 bits per heavy atom. The van der Waals surface area contributed by atoms with E-state index in [4.69, 9.17) is 16.2 Å². The van der Waals surface area contributed by atoms with Crippen molar-refractivity contribution in [3.63, 3.8) is 0 Å². The second kappa shape index (κ2) is 8.62. The Morgan fingerprint density at radius 3 is 2.85 bits per heavy atom. The normalized spacial score (nSPS) is 12.3. The third-order valence-corrected chi connectivity index (χ3v) is 4.79. The van der Waals surface area contributed by atoms with Crippen molar-refractivity contribution in [3.8, 4) is 0 Å². The number of halogens is 2. The van der Waals surface area contributed by atoms with Crippen LogP contribution in [0.1, 0.15) is 28.0 Å². The molecule has 2 N–H and O–H groups in total. The predicted molar refractivity (Wildman–Crippen MR) is 101 cm³/mol. The topological polar surface area (TPSA) is 92.2 Å². The van der Waals surface area contributed by atoms with Crippen molar-refractivity contribution in [1.29, 1.82) is 0 Å². The molecule has 6 nitrogen and oxygen atoms in total. The summed E-state index contributed by atoms with van der Waals surface area (Å²) in [7, 11) is 0. The summed E-state index contributed by atoms with van der Waals surface area (Å²) in [5.74, 6) is -1.07. The van der Waals surface area contributed by atoms with Gasteiger partial charge in [0.25, 0.3) is 0 Å². The zero-order valence-corrected chi connectivity index (χ0v) is 15.6. The maximum atomic E-state index is 14.0. The minimum Gasteiger partial charge on any atom is -0.294 e. The van der Waals surface area contributed by atoms with Gasteiger partial charge in [-0.15, -0.1) is 0 Å². The summed E-state index contributed by atoms with van der Waals surface area (Å²) in [5, 5.41) is 0.152. The smallest absolute Gasteiger partial charge is 0.231 e. The third-order valence-electron chi connectivity index (χ3n) is 3.89. The number of benzene rings is 1. The zero-order valence-electron chi connectivity index (χ0n) is 14.0. The number of rotatable bonds is 7. The van der Waals surface area contributed by atoms with Gasteiger partial charge >= 0.3 is 0 Å². The Kier molecular flexibility index (Phi) is 6.22. The van der Waals surface area contributed by atoms with E-state index in [1.54, 1.807) is 24.4 Å². The number of hydrogen-bond acceptors (Lipinski definition) is 4. The van der Waals surface area contributed by atoms with Crippen molar-refractivity contribution in [2.24, 2.45) is 0 Å². The van der Waals surface area contributed by atoms with E-state index in [9.17, 15) is 13.4 Å². The average Bonchev–Trinajstić information content (AvgIpc) is 2.66. The molecule has 0 fully saturated rings. The number of aromatic nitrogens is 2. The van der Waals surface area contributed by atoms with Gasteiger partial charge in [0.2, 0.25) is 17.0 Å². The molecule has 1 aromatic carbocycles. The van der Waals surface area contributed by atoms with Crippen LogP contribution in [-0.2, 0) is 17.7 Å². The highest BCUT2D eigenvalue weighted by Gasteiger charge is 2.19. The molecule has 0 aliphatic heterocycles. The molecule has 0 radical (unpaired) electrons. The summed E-state index contributed by atoms with van der Waals surface area (Å²) in [6.07, 6.45) is 2.42. The molecule has 3 rings (SSSR count). The predicted octanol–water partition coefficient (Wildman–Crippen LogP) is 3.31. The van der Waals surface area contributed by atoms with Crippen molar-refractivity contribution in [2.75, 3.05) is 6.54 Å². The van der Waals surface area contributed by atoms with E-state index in [1.807, 2.05) is 0 Å². The van der Waals surface area contributed by atoms with Gasteiger partial charge in [-0.1, -0.05) is 11.6 Å². The summed E-state index contributed by atoms with van der Waals surface area (Å²) in [6, 6.07) is 8.99. The fourth-order valence-corrected chi connectivity index (χ4v) is 3.26. The van der Waals surface area contributed by atoms with Crippen LogP contribution in [0.2, 0.25) is 5.02 Å². The Morgan fingerprint density at radius 2 is 2.07 bits per heavy atom. The molecule has 0 aliphatic rings. The molecule has 0 spiro atoms. The van der Waals surface area contributed by atoms with Crippen LogP contribution in [0.15, 0.2) is 42.6 Å². The lowest BCUT2D eigenvalue weighted by atomic mass is 10.0. The van der Waals surface area contributed by atoms with Gasteiger partial charge in [0.05, 0.1) is 16.1 Å². The maximum absolute atomic E-state index is 14.0. The highest BCUT2D eigenvalue weighted by Crippen LogP contribution is 2.26. The first kappa shape index (κ1) is 19.5. The molecule has 0 bridgehead atoms. The maximum Gasteiger partial charge on any atom is 0.231 e. The molecule has 0 saturated carbocycles. The first-order valence-corrected chi connectivity index (χ1v) is 9.53. The summed E-state index contributed by atoms with van der Waals surface area (Å²) in [6.45, 7) is 0.248. The summed E-state index contributed by atoms with van der Waals surface area (Å²) >= 11 is 4.22. The standard InChI is InChI=1S/C18H15ClFN3O3S/c19-17-11(3-1-8-22-27(25)26)9-12(20)10-13(17)18(24)16-6-5-14-15(23-16)4-2-7-21-14/h2,4-7,9-10,22H,1,3,8H2,(H,25,26). The van der Waals surface area contributed by atoms with Crippen LogP contribution in [0.4, 0.5) is 4.39 Å². The number of nitrogens with one attached hydrogen (secondary N) is 1. The Bertz CT molecular complexity index is 1030. The van der Waals surface area contributed by atoms with Gasteiger partial charge < -0.3 is 0 Å². The van der Waals surface area contributed by atoms with E-state index in [0.29, 0.717) is 29.4 Å². The monoisotopic (exact) mass is 407 g/mol. The van der Waals surface area contributed by atoms with Crippen LogP contribution < -0.4 is 4.72 Å². The van der Waals surface area contributed by atoms with Crippen LogP contribution in [0, 0.1) is 5.82 Å². The lowest BCUT2D eigenvalue weighted by molar-refractivity contribution is 0.103. The van der Waals surface area contributed by atoms with Crippen molar-refractivity contribution in [2.45, 2.75) is 12.8 Å². The lowest BCUT2D eigenvalue weighted by Gasteiger charge is -2.10. The van der Waals surface area contributed by atoms with Crippen LogP contribution in [0.5, 0.6) is 0 Å². The van der Waals surface area contributed by atoms with Crippen molar-refractivity contribution in [1.82, 2.24) is 14.7 Å². The average molecular weight is 408 g/mol. The molecule has 0 amide bonds. The number of nitrogens with zero attached hydrogens (tertiary/aromatic N) is 2. The van der Waals surface area contributed by atoms with E-state index in [1.165, 1.54) is 12.1 Å². The third kappa shape index (κ3) is 4.72. The molecule has 140 valence electrons. The number of aryl methyl sites for hydroxylation is 1. The highest BCUT2D eigenvalue weighted by atomic mass is 35.5. The molecular weight excluding hydrogens is 393 g/mol. The molecule has 0 aliphatic carbocycles. The summed E-state index contributed by atoms with van der Waals surface area (Å²) < 4.78 is 35.6. The van der Waals surface area contributed by atoms with Gasteiger partial charge in [0.15, 0.2) is 0 Å². The minimum atomic E-state index is -2.11. The van der Waals surface area contributed by atoms with Crippen molar-refractivity contribution < 1.29 is 17.9 Å². The minimum absolute atomic E-state index is 0.0288. The van der Waals surface area contributed by atoms with E-state index < -0.39 is 22.9 Å². The Balaban J connectivity index is 1.88. The number of carbonyl (C=O) groups excluding carboxylic acids is 1. The Labute approximate surface area is 162 Å². The second-order valence-electron chi connectivity index (χ2n) is 5.74. The van der Waals surface area contributed by atoms with Crippen LogP contribution >= 0.6 is 11.6 Å². The molecule has 0 saturated heterocycles. The molecule has 1 unspecified atom stereocenters. The number of ketones is 1. The Hall–Kier alpha value is -2.26. The van der Waals surface area contributed by atoms with Crippen LogP contribution in [0.25, 0.3) is 11.0 Å². The quantitative estimate of drug-likeness (QED) is 0.356. The van der Waals surface area contributed by atoms with Gasteiger partial charge in [-0.25, -0.2) is 18.3 Å². The summed E-state index contributed by atoms with van der Waals surface area (Å²) in [4.78, 5) is 21.2. The fraction of sp³-hybridized carbons (Fsp3) is 0.167. The lowest BCUT2D eigenvalue weighted by Crippen LogP contribution is -2.18. The first-order chi connectivity index (χ1) is 13.0. The zero-order chi connectivity index (χ0) is 19.4. The van der Waals surface area contributed by atoms with Crippen molar-refractivity contribution in [3.05, 3.63) is 70.3 Å². The van der Waals surface area contributed by atoms with Gasteiger partial charge in [0.1, 0.15) is 11.5 Å². The summed E-state index contributed by atoms with van der Waals surface area (Å²) in [5.41, 5.74) is 1.83. The number of fused-ring (bicyclic) bond motifs is 1. The number of carbonyl (C=O) groups is 1. The van der Waals surface area contributed by atoms with Gasteiger partial charge in [-0.2, -0.15) is 0 Å². The van der Waals surface area contributed by atoms with Gasteiger partial charge in [-0.3, -0.25) is 14.3 Å². The highest BCUT2D eigenvalue weighted by molar-refractivity contribution is 7.77. The fourth-order valence-electron chi connectivity index (χ4n) is 2.65. The molecule has 1 atom stereocenters. The number of pyridine rings is 2. The molecule has 9 heteroatoms. The van der Waals surface area contributed by atoms with Crippen LogP contribution in [-0.4, -0.2) is 31.1 Å². The number of hydrogen-bond donors (Lipinski definition) is 2. The molecular formula is C18H15ClFN3O3S. The SMILES string of the molecule is O=C(c1ccc2ncccc2n1)c1cc(F)cc(CCCNS(=O)O)c1Cl. The molecule has 3 aromatic rings. The first-order valence-electron chi connectivity index (χ1n) is 8.04. The molecule has 2 aromatic heterocycles. The largest absolute Gasteiger partial charge is 0.294 e. The molecule has 2 heterocycles. The van der Waals surface area contributed by atoms with E-state index >= 15 is 0 Å². The van der Waals surface area contributed by atoms with Gasteiger partial charge in [0, 0.05) is 18.3 Å². The van der Waals surface area contributed by atoms with E-state index in [-0.39, 0.29) is 22.8 Å². The van der Waals surface area contributed by atoms with E-state index in [2.05, 4.69) is 14.7 Å². The van der Waals surface area contributed by atoms with Crippen molar-refractivity contribution >= 4 is 39.7 Å². The van der Waals surface area contributed by atoms with Gasteiger partial charge in [-0.05, 0) is 54.8 Å². The molecule has 27 heavy (non-hydrogen) atoms. The second-order valence-corrected chi connectivity index (χ2v) is 6.91. The van der Waals surface area contributed by atoms with Crippen LogP contribution in [0.3, 0.4) is 0 Å². The van der Waals surface area contributed by atoms with E-state index in [0.717, 1.165) is 6.07 Å².